The number of para-hydroxylation sites is 1. The normalized spacial score (nSPS) is 17.0. The molecule has 9 rings (SSSR count). The van der Waals surface area contributed by atoms with Crippen LogP contribution in [0.4, 0.5) is 0 Å². The first-order valence-electron chi connectivity index (χ1n) is 17.4. The maximum Gasteiger partial charge on any atom is 0.161 e. The molecular weight excluding hydrogens is 625 g/mol. The lowest BCUT2D eigenvalue weighted by Crippen LogP contribution is -2.31. The first-order chi connectivity index (χ1) is 24.6. The highest BCUT2D eigenvalue weighted by Gasteiger charge is 2.50. The van der Waals surface area contributed by atoms with Crippen molar-refractivity contribution in [1.29, 1.82) is 0 Å². The van der Waals surface area contributed by atoms with Crippen LogP contribution in [-0.4, -0.2) is 9.97 Å². The molecule has 3 aliphatic rings. The van der Waals surface area contributed by atoms with Crippen LogP contribution in [0.2, 0.25) is 0 Å². The molecule has 5 aromatic carbocycles. The van der Waals surface area contributed by atoms with Crippen LogP contribution >= 0.6 is 11.8 Å². The number of nitrogens with zero attached hydrogens (tertiary/aromatic N) is 2. The lowest BCUT2D eigenvalue weighted by atomic mass is 9.67. The Hall–Kier alpha value is -5.51. The predicted molar refractivity (Wildman–Crippen MR) is 209 cm³/mol. The molecule has 0 N–H and O–H groups in total. The summed E-state index contributed by atoms with van der Waals surface area (Å²) in [6, 6.07) is 41.7. The second kappa shape index (κ2) is 12.1. The van der Waals surface area contributed by atoms with Gasteiger partial charge in [-0.3, -0.25) is 0 Å². The lowest BCUT2D eigenvalue weighted by molar-refractivity contribution is 0.722. The summed E-state index contributed by atoms with van der Waals surface area (Å²) in [7, 11) is 0. The zero-order chi connectivity index (χ0) is 33.8. The molecule has 1 aromatic heterocycles. The van der Waals surface area contributed by atoms with E-state index >= 15 is 0 Å². The summed E-state index contributed by atoms with van der Waals surface area (Å²) < 4.78 is 0. The van der Waals surface area contributed by atoms with Gasteiger partial charge in [0, 0.05) is 20.7 Å². The summed E-state index contributed by atoms with van der Waals surface area (Å²) in [6.07, 6.45) is 14.3. The third-order valence-electron chi connectivity index (χ3n) is 10.4. The molecule has 50 heavy (non-hydrogen) atoms. The maximum absolute atomic E-state index is 5.36. The summed E-state index contributed by atoms with van der Waals surface area (Å²) >= 11 is 1.86. The van der Waals surface area contributed by atoms with Crippen LogP contribution in [0.1, 0.15) is 48.2 Å². The van der Waals surface area contributed by atoms with E-state index in [0.717, 1.165) is 34.2 Å². The Kier molecular flexibility index (Phi) is 7.40. The van der Waals surface area contributed by atoms with Gasteiger partial charge in [0.1, 0.15) is 0 Å². The fraction of sp³-hybridized carbons (Fsp3) is 0.106. The minimum absolute atomic E-state index is 0.449. The highest BCUT2D eigenvalue weighted by Crippen LogP contribution is 2.63. The maximum atomic E-state index is 5.36. The average molecular weight is 661 g/mol. The molecule has 0 amide bonds. The second-order valence-corrected chi connectivity index (χ2v) is 14.4. The molecule has 0 saturated heterocycles. The van der Waals surface area contributed by atoms with Gasteiger partial charge in [-0.2, -0.15) is 0 Å². The van der Waals surface area contributed by atoms with E-state index < -0.39 is 5.41 Å². The van der Waals surface area contributed by atoms with E-state index in [-0.39, 0.29) is 0 Å². The van der Waals surface area contributed by atoms with Crippen LogP contribution in [0.3, 0.4) is 0 Å². The number of aromatic nitrogens is 2. The zero-order valence-electron chi connectivity index (χ0n) is 28.2. The van der Waals surface area contributed by atoms with Crippen LogP contribution in [0.5, 0.6) is 0 Å². The van der Waals surface area contributed by atoms with E-state index in [1.807, 2.05) is 11.8 Å². The van der Waals surface area contributed by atoms with Crippen molar-refractivity contribution in [2.75, 3.05) is 0 Å². The van der Waals surface area contributed by atoms with E-state index in [1.54, 1.807) is 0 Å². The zero-order valence-corrected chi connectivity index (χ0v) is 29.0. The molecule has 6 aromatic rings. The topological polar surface area (TPSA) is 25.8 Å². The SMILES string of the molecule is C=C(/C=C\C(=C/C)C1=CCC(C)C=C1)c1nc(-c2cccc3c2-c2ccccc2C32c3ccccc3Sc3ccccc32)nc2ccccc12. The number of rotatable bonds is 5. The van der Waals surface area contributed by atoms with Crippen LogP contribution in [0, 0.1) is 5.92 Å². The Labute approximate surface area is 298 Å². The minimum atomic E-state index is -0.449. The molecule has 0 bridgehead atoms. The van der Waals surface area contributed by atoms with Gasteiger partial charge < -0.3 is 0 Å². The molecule has 3 heteroatoms. The third kappa shape index (κ3) is 4.64. The van der Waals surface area contributed by atoms with Gasteiger partial charge in [-0.25, -0.2) is 9.97 Å². The monoisotopic (exact) mass is 660 g/mol. The second-order valence-electron chi connectivity index (χ2n) is 13.4. The van der Waals surface area contributed by atoms with Crippen LogP contribution in [0.25, 0.3) is 39.0 Å². The quantitative estimate of drug-likeness (QED) is 0.172. The summed E-state index contributed by atoms with van der Waals surface area (Å²) in [4.78, 5) is 13.2. The fourth-order valence-electron chi connectivity index (χ4n) is 8.10. The molecule has 1 atom stereocenters. The first-order valence-corrected chi connectivity index (χ1v) is 18.2. The molecule has 1 unspecified atom stereocenters. The molecule has 2 heterocycles. The van der Waals surface area contributed by atoms with E-state index in [4.69, 9.17) is 9.97 Å². The molecule has 2 nitrogen and oxygen atoms in total. The van der Waals surface area contributed by atoms with Crippen molar-refractivity contribution in [2.24, 2.45) is 5.92 Å². The molecular formula is C47H36N2S. The van der Waals surface area contributed by atoms with Gasteiger partial charge in [0.2, 0.25) is 0 Å². The van der Waals surface area contributed by atoms with Crippen LogP contribution in [0.15, 0.2) is 179 Å². The highest BCUT2D eigenvalue weighted by atomic mass is 32.2. The van der Waals surface area contributed by atoms with E-state index in [9.17, 15) is 0 Å². The van der Waals surface area contributed by atoms with E-state index in [1.165, 1.54) is 54.3 Å². The highest BCUT2D eigenvalue weighted by molar-refractivity contribution is 7.99. The van der Waals surface area contributed by atoms with Gasteiger partial charge in [0.25, 0.3) is 0 Å². The summed E-state index contributed by atoms with van der Waals surface area (Å²) in [5.74, 6) is 1.28. The Morgan fingerprint density at radius 2 is 1.40 bits per heavy atom. The van der Waals surface area contributed by atoms with Crippen molar-refractivity contribution in [3.63, 3.8) is 0 Å². The Morgan fingerprint density at radius 3 is 2.14 bits per heavy atom. The van der Waals surface area contributed by atoms with Gasteiger partial charge >= 0.3 is 0 Å². The fourth-order valence-corrected chi connectivity index (χ4v) is 9.29. The third-order valence-corrected chi connectivity index (χ3v) is 11.6. The molecule has 0 radical (unpaired) electrons. The van der Waals surface area contributed by atoms with Crippen LogP contribution in [-0.2, 0) is 5.41 Å². The Bertz CT molecular complexity index is 2450. The lowest BCUT2D eigenvalue weighted by Gasteiger charge is -2.39. The van der Waals surface area contributed by atoms with Gasteiger partial charge in [-0.05, 0) is 87.6 Å². The van der Waals surface area contributed by atoms with Crippen molar-refractivity contribution < 1.29 is 0 Å². The smallest absolute Gasteiger partial charge is 0.161 e. The molecule has 1 spiro atoms. The molecule has 240 valence electrons. The summed E-state index contributed by atoms with van der Waals surface area (Å²) in [5, 5.41) is 0.995. The minimum Gasteiger partial charge on any atom is -0.228 e. The Balaban J connectivity index is 1.24. The van der Waals surface area contributed by atoms with Crippen molar-refractivity contribution in [3.8, 4) is 22.5 Å². The molecule has 0 saturated carbocycles. The van der Waals surface area contributed by atoms with Gasteiger partial charge in [0.05, 0.1) is 16.6 Å². The van der Waals surface area contributed by atoms with Crippen LogP contribution < -0.4 is 0 Å². The Morgan fingerprint density at radius 1 is 0.740 bits per heavy atom. The number of hydrogen-bond donors (Lipinski definition) is 0. The van der Waals surface area contributed by atoms with E-state index in [2.05, 4.69) is 172 Å². The molecule has 1 aliphatic heterocycles. The number of hydrogen-bond acceptors (Lipinski definition) is 3. The van der Waals surface area contributed by atoms with E-state index in [0.29, 0.717) is 11.7 Å². The average Bonchev–Trinajstić information content (AvgIpc) is 3.46. The van der Waals surface area contributed by atoms with Crippen molar-refractivity contribution in [1.82, 2.24) is 9.97 Å². The number of benzene rings is 5. The summed E-state index contributed by atoms with van der Waals surface area (Å²) in [5.41, 5.74) is 13.3. The van der Waals surface area contributed by atoms with Crippen molar-refractivity contribution in [3.05, 3.63) is 197 Å². The molecule has 0 fully saturated rings. The number of fused-ring (bicyclic) bond motifs is 10. The standard InChI is InChI=1S/C47H36N2S/c1-4-32(33-27-24-30(2)25-28-33)29-26-31(3)45-35-15-6-10-21-41(35)48-46(49-45)36-16-13-20-40-44(36)34-14-5-7-17-37(34)47(40)38-18-8-11-22-42(38)50-43-23-12-9-19-39(43)47/h4-24,26-30H,3,25H2,1-2H3/b29-26-,32-4+. The summed E-state index contributed by atoms with van der Waals surface area (Å²) in [6.45, 7) is 8.90. The number of allylic oxidation sites excluding steroid dienone is 9. The van der Waals surface area contributed by atoms with Gasteiger partial charge in [0.15, 0.2) is 5.82 Å². The van der Waals surface area contributed by atoms with Gasteiger partial charge in [-0.1, -0.05) is 159 Å². The predicted octanol–water partition coefficient (Wildman–Crippen LogP) is 12.2. The van der Waals surface area contributed by atoms with Crippen molar-refractivity contribution in [2.45, 2.75) is 35.5 Å². The van der Waals surface area contributed by atoms with Gasteiger partial charge in [-0.15, -0.1) is 0 Å². The van der Waals surface area contributed by atoms with Crippen molar-refractivity contribution >= 4 is 28.2 Å². The first kappa shape index (κ1) is 30.5. The largest absolute Gasteiger partial charge is 0.228 e. The molecule has 2 aliphatic carbocycles.